The van der Waals surface area contributed by atoms with Crippen LogP contribution in [-0.4, -0.2) is 28.3 Å². The molecule has 0 bridgehead atoms. The van der Waals surface area contributed by atoms with Crippen molar-refractivity contribution in [2.75, 3.05) is 11.9 Å². The normalized spacial score (nSPS) is 12.2. The summed E-state index contributed by atoms with van der Waals surface area (Å²) in [7, 11) is 0. The van der Waals surface area contributed by atoms with E-state index >= 15 is 0 Å². The lowest BCUT2D eigenvalue weighted by Crippen LogP contribution is -2.23. The Morgan fingerprint density at radius 2 is 1.66 bits per heavy atom. The number of ether oxygens (including phenoxy) is 1. The molecule has 0 spiro atoms. The number of fused-ring (bicyclic) bond motifs is 3. The van der Waals surface area contributed by atoms with Crippen molar-refractivity contribution in [1.82, 2.24) is 4.57 Å². The van der Waals surface area contributed by atoms with Crippen molar-refractivity contribution in [2.45, 2.75) is 26.5 Å². The van der Waals surface area contributed by atoms with Crippen LogP contribution in [0.1, 0.15) is 12.5 Å². The lowest BCUT2D eigenvalue weighted by molar-refractivity contribution is -0.114. The summed E-state index contributed by atoms with van der Waals surface area (Å²) in [6.45, 7) is 4.02. The lowest BCUT2D eigenvalue weighted by Gasteiger charge is -2.16. The van der Waals surface area contributed by atoms with Crippen molar-refractivity contribution in [3.63, 3.8) is 0 Å². The number of anilines is 1. The molecule has 0 aliphatic rings. The first-order chi connectivity index (χ1) is 14.0. The molecule has 0 saturated carbocycles. The van der Waals surface area contributed by atoms with Gasteiger partial charge in [0, 0.05) is 34.4 Å². The maximum atomic E-state index is 11.2. The van der Waals surface area contributed by atoms with Crippen LogP contribution in [0.5, 0.6) is 5.75 Å². The van der Waals surface area contributed by atoms with Gasteiger partial charge in [0.2, 0.25) is 5.91 Å². The van der Waals surface area contributed by atoms with Gasteiger partial charge in [-0.25, -0.2) is 0 Å². The number of carbonyl (C=O) groups excluding carboxylic acids is 1. The van der Waals surface area contributed by atoms with Crippen molar-refractivity contribution in [3.8, 4) is 5.75 Å². The number of aliphatic hydroxyl groups is 1. The second kappa shape index (κ2) is 7.97. The highest BCUT2D eigenvalue weighted by molar-refractivity contribution is 6.07. The number of hydrogen-bond acceptors (Lipinski definition) is 3. The molecule has 4 aromatic rings. The molecule has 5 heteroatoms. The number of aromatic nitrogens is 1. The van der Waals surface area contributed by atoms with E-state index in [1.165, 1.54) is 17.7 Å². The van der Waals surface area contributed by atoms with Gasteiger partial charge in [0.1, 0.15) is 18.5 Å². The van der Waals surface area contributed by atoms with Gasteiger partial charge in [0.25, 0.3) is 0 Å². The summed E-state index contributed by atoms with van der Waals surface area (Å²) in [5.74, 6) is 0.583. The SMILES string of the molecule is CC(=O)Nc1ccc(OC[C@H](O)Cn2c3ccccc3c3ccccc32)c(C)c1. The molecule has 1 aromatic heterocycles. The number of carbonyl (C=O) groups is 1. The average Bonchev–Trinajstić information content (AvgIpc) is 3.01. The molecule has 5 nitrogen and oxygen atoms in total. The van der Waals surface area contributed by atoms with Gasteiger partial charge in [-0.1, -0.05) is 36.4 Å². The number of aliphatic hydroxyl groups excluding tert-OH is 1. The summed E-state index contributed by atoms with van der Waals surface area (Å²) >= 11 is 0. The third kappa shape index (κ3) is 3.96. The molecule has 148 valence electrons. The summed E-state index contributed by atoms with van der Waals surface area (Å²) in [4.78, 5) is 11.2. The zero-order chi connectivity index (χ0) is 20.4. The van der Waals surface area contributed by atoms with Crippen LogP contribution in [0.25, 0.3) is 21.8 Å². The minimum absolute atomic E-state index is 0.111. The third-order valence-corrected chi connectivity index (χ3v) is 5.00. The van der Waals surface area contributed by atoms with Crippen molar-refractivity contribution in [2.24, 2.45) is 0 Å². The summed E-state index contributed by atoms with van der Waals surface area (Å²) < 4.78 is 8.00. The molecule has 0 fully saturated rings. The van der Waals surface area contributed by atoms with Crippen LogP contribution in [0.3, 0.4) is 0 Å². The molecule has 0 saturated heterocycles. The predicted molar refractivity (Wildman–Crippen MR) is 116 cm³/mol. The summed E-state index contributed by atoms with van der Waals surface area (Å²) in [5.41, 5.74) is 3.83. The van der Waals surface area contributed by atoms with E-state index < -0.39 is 6.10 Å². The summed E-state index contributed by atoms with van der Waals surface area (Å²) in [6, 6.07) is 21.9. The van der Waals surface area contributed by atoms with Gasteiger partial charge in [-0.05, 0) is 42.8 Å². The van der Waals surface area contributed by atoms with Crippen molar-refractivity contribution < 1.29 is 14.6 Å². The summed E-state index contributed by atoms with van der Waals surface area (Å²) in [6.07, 6.45) is -0.663. The fourth-order valence-corrected chi connectivity index (χ4v) is 3.74. The molecule has 0 radical (unpaired) electrons. The third-order valence-electron chi connectivity index (χ3n) is 5.00. The molecule has 0 aliphatic carbocycles. The van der Waals surface area contributed by atoms with E-state index in [1.54, 1.807) is 6.07 Å². The van der Waals surface area contributed by atoms with Gasteiger partial charge in [0.15, 0.2) is 0 Å². The van der Waals surface area contributed by atoms with Gasteiger partial charge < -0.3 is 19.7 Å². The van der Waals surface area contributed by atoms with Gasteiger partial charge in [0.05, 0.1) is 6.54 Å². The first-order valence-corrected chi connectivity index (χ1v) is 9.68. The zero-order valence-electron chi connectivity index (χ0n) is 16.6. The number of nitrogens with zero attached hydrogens (tertiary/aromatic N) is 1. The molecule has 1 atom stereocenters. The quantitative estimate of drug-likeness (QED) is 0.511. The standard InChI is InChI=1S/C24H24N2O3/c1-16-13-18(25-17(2)27)11-12-24(16)29-15-19(28)14-26-22-9-5-3-7-20(22)21-8-4-6-10-23(21)26/h3-13,19,28H,14-15H2,1-2H3,(H,25,27)/t19-/m1/s1. The highest BCUT2D eigenvalue weighted by atomic mass is 16.5. The smallest absolute Gasteiger partial charge is 0.221 e. The van der Waals surface area contributed by atoms with E-state index in [0.717, 1.165) is 22.3 Å². The number of nitrogens with one attached hydrogen (secondary N) is 1. The Hall–Kier alpha value is -3.31. The first-order valence-electron chi connectivity index (χ1n) is 9.68. The van der Waals surface area contributed by atoms with Gasteiger partial charge in [-0.2, -0.15) is 0 Å². The van der Waals surface area contributed by atoms with Crippen molar-refractivity contribution in [3.05, 3.63) is 72.3 Å². The second-order valence-electron chi connectivity index (χ2n) is 7.27. The topological polar surface area (TPSA) is 63.5 Å². The molecule has 4 rings (SSSR count). The van der Waals surface area contributed by atoms with E-state index in [2.05, 4.69) is 34.1 Å². The van der Waals surface area contributed by atoms with Gasteiger partial charge in [-0.15, -0.1) is 0 Å². The predicted octanol–water partition coefficient (Wildman–Crippen LogP) is 4.50. The Morgan fingerprint density at radius 1 is 1.03 bits per heavy atom. The van der Waals surface area contributed by atoms with Crippen LogP contribution in [0.15, 0.2) is 66.7 Å². The van der Waals surface area contributed by atoms with E-state index in [1.807, 2.05) is 43.3 Å². The lowest BCUT2D eigenvalue weighted by atomic mass is 10.2. The Bertz CT molecular complexity index is 1130. The molecule has 0 aliphatic heterocycles. The van der Waals surface area contributed by atoms with E-state index in [-0.39, 0.29) is 12.5 Å². The summed E-state index contributed by atoms with van der Waals surface area (Å²) in [5, 5.41) is 15.8. The molecule has 1 heterocycles. The number of amides is 1. The van der Waals surface area contributed by atoms with Crippen molar-refractivity contribution in [1.29, 1.82) is 0 Å². The molecular formula is C24H24N2O3. The molecular weight excluding hydrogens is 364 g/mol. The minimum Gasteiger partial charge on any atom is -0.491 e. The van der Waals surface area contributed by atoms with E-state index in [0.29, 0.717) is 12.3 Å². The van der Waals surface area contributed by atoms with Gasteiger partial charge in [-0.3, -0.25) is 4.79 Å². The van der Waals surface area contributed by atoms with Crippen LogP contribution < -0.4 is 10.1 Å². The first kappa shape index (κ1) is 19.0. The number of hydrogen-bond donors (Lipinski definition) is 2. The maximum Gasteiger partial charge on any atom is 0.221 e. The monoisotopic (exact) mass is 388 g/mol. The Labute approximate surface area is 169 Å². The maximum absolute atomic E-state index is 11.2. The van der Waals surface area contributed by atoms with Gasteiger partial charge >= 0.3 is 0 Å². The van der Waals surface area contributed by atoms with E-state index in [9.17, 15) is 9.90 Å². The van der Waals surface area contributed by atoms with Crippen LogP contribution in [0.2, 0.25) is 0 Å². The molecule has 3 aromatic carbocycles. The highest BCUT2D eigenvalue weighted by Gasteiger charge is 2.14. The number of benzene rings is 3. The zero-order valence-corrected chi connectivity index (χ0v) is 16.6. The number of aryl methyl sites for hydroxylation is 1. The minimum atomic E-state index is -0.663. The fourth-order valence-electron chi connectivity index (χ4n) is 3.74. The average molecular weight is 388 g/mol. The molecule has 2 N–H and O–H groups in total. The molecule has 29 heavy (non-hydrogen) atoms. The van der Waals surface area contributed by atoms with E-state index in [4.69, 9.17) is 4.74 Å². The van der Waals surface area contributed by atoms with Crippen molar-refractivity contribution >= 4 is 33.4 Å². The second-order valence-corrected chi connectivity index (χ2v) is 7.27. The Kier molecular flexibility index (Phi) is 5.23. The van der Waals surface area contributed by atoms with Crippen LogP contribution >= 0.6 is 0 Å². The highest BCUT2D eigenvalue weighted by Crippen LogP contribution is 2.29. The van der Waals surface area contributed by atoms with Crippen LogP contribution in [0, 0.1) is 6.92 Å². The number of para-hydroxylation sites is 2. The Balaban J connectivity index is 1.50. The number of rotatable bonds is 6. The fraction of sp³-hybridized carbons (Fsp3) is 0.208. The molecule has 0 unspecified atom stereocenters. The molecule has 1 amide bonds. The van der Waals surface area contributed by atoms with Crippen LogP contribution in [0.4, 0.5) is 5.69 Å². The van der Waals surface area contributed by atoms with Crippen LogP contribution in [-0.2, 0) is 11.3 Å². The Morgan fingerprint density at radius 3 is 2.24 bits per heavy atom. The largest absolute Gasteiger partial charge is 0.491 e.